The topological polar surface area (TPSA) is 95.6 Å². The van der Waals surface area contributed by atoms with E-state index in [0.717, 1.165) is 27.9 Å². The fraction of sp³-hybridized carbons (Fsp3) is 0.286. The quantitative estimate of drug-likeness (QED) is 0.481. The summed E-state index contributed by atoms with van der Waals surface area (Å²) in [5.74, 6) is -0.425. The van der Waals surface area contributed by atoms with Gasteiger partial charge in [-0.15, -0.1) is 0 Å². The van der Waals surface area contributed by atoms with E-state index in [-0.39, 0.29) is 17.2 Å². The minimum atomic E-state index is -4.01. The lowest BCUT2D eigenvalue weighted by Gasteiger charge is -2.20. The average molecular weight is 506 g/mol. The summed E-state index contributed by atoms with van der Waals surface area (Å²) in [7, 11) is -4.01. The molecule has 0 bridgehead atoms. The van der Waals surface area contributed by atoms with Gasteiger partial charge in [0.25, 0.3) is 0 Å². The minimum Gasteiger partial charge on any atom is -0.324 e. The van der Waals surface area contributed by atoms with Crippen molar-refractivity contribution in [1.82, 2.24) is 4.72 Å². The molecule has 3 aromatic carbocycles. The molecule has 1 heterocycles. The molecular formula is C28H31N3O4S. The molecule has 4 rings (SSSR count). The van der Waals surface area contributed by atoms with Crippen molar-refractivity contribution in [3.63, 3.8) is 0 Å². The number of fused-ring (bicyclic) bond motifs is 1. The average Bonchev–Trinajstić information content (AvgIpc) is 3.30. The Balaban J connectivity index is 1.61. The lowest BCUT2D eigenvalue weighted by Crippen LogP contribution is -2.45. The number of carbonyl (C=O) groups is 2. The Labute approximate surface area is 212 Å². The second-order valence-corrected chi connectivity index (χ2v) is 10.8. The largest absolute Gasteiger partial charge is 0.324 e. The smallest absolute Gasteiger partial charge is 0.242 e. The number of amides is 2. The Morgan fingerprint density at radius 1 is 1.00 bits per heavy atom. The fourth-order valence-corrected chi connectivity index (χ4v) is 5.64. The van der Waals surface area contributed by atoms with Crippen LogP contribution in [0.15, 0.2) is 71.6 Å². The van der Waals surface area contributed by atoms with Crippen LogP contribution in [-0.2, 0) is 32.5 Å². The van der Waals surface area contributed by atoms with E-state index in [1.165, 1.54) is 6.07 Å². The maximum Gasteiger partial charge on any atom is 0.242 e. The number of carbonyl (C=O) groups excluding carboxylic acids is 2. The molecule has 0 saturated carbocycles. The SMILES string of the molecule is CCC(=O)N1CCc2cc(S(=O)(=O)NC(Cc3ccccc3)C(=O)Nc3cccc(C)c3C)ccc21. The Hall–Kier alpha value is -3.49. The lowest BCUT2D eigenvalue weighted by molar-refractivity contribution is -0.118. The van der Waals surface area contributed by atoms with Gasteiger partial charge in [0.15, 0.2) is 0 Å². The number of hydrogen-bond donors (Lipinski definition) is 2. The van der Waals surface area contributed by atoms with E-state index in [9.17, 15) is 18.0 Å². The lowest BCUT2D eigenvalue weighted by atomic mass is 10.0. The third kappa shape index (κ3) is 5.50. The number of benzene rings is 3. The van der Waals surface area contributed by atoms with Crippen molar-refractivity contribution in [2.45, 2.75) is 51.0 Å². The highest BCUT2D eigenvalue weighted by atomic mass is 32.2. The van der Waals surface area contributed by atoms with Crippen LogP contribution in [0.2, 0.25) is 0 Å². The second-order valence-electron chi connectivity index (χ2n) is 9.04. The van der Waals surface area contributed by atoms with Crippen LogP contribution in [-0.4, -0.2) is 32.8 Å². The normalized spacial score (nSPS) is 13.8. The first kappa shape index (κ1) is 25.6. The molecule has 0 fully saturated rings. The maximum absolute atomic E-state index is 13.4. The summed E-state index contributed by atoms with van der Waals surface area (Å²) < 4.78 is 29.4. The van der Waals surface area contributed by atoms with Gasteiger partial charge in [0.2, 0.25) is 21.8 Å². The van der Waals surface area contributed by atoms with E-state index in [1.54, 1.807) is 30.0 Å². The number of rotatable bonds is 8. The molecule has 0 aromatic heterocycles. The Kier molecular flexibility index (Phi) is 7.56. The summed E-state index contributed by atoms with van der Waals surface area (Å²) >= 11 is 0. The van der Waals surface area contributed by atoms with Gasteiger partial charge >= 0.3 is 0 Å². The van der Waals surface area contributed by atoms with Gasteiger partial charge in [-0.2, -0.15) is 4.72 Å². The van der Waals surface area contributed by atoms with Crippen molar-refractivity contribution >= 4 is 33.2 Å². The summed E-state index contributed by atoms with van der Waals surface area (Å²) in [5, 5.41) is 2.90. The van der Waals surface area contributed by atoms with Crippen molar-refractivity contribution in [2.75, 3.05) is 16.8 Å². The highest BCUT2D eigenvalue weighted by Gasteiger charge is 2.29. The van der Waals surface area contributed by atoms with Crippen molar-refractivity contribution in [1.29, 1.82) is 0 Å². The molecule has 1 aliphatic heterocycles. The van der Waals surface area contributed by atoms with Crippen LogP contribution in [0.3, 0.4) is 0 Å². The van der Waals surface area contributed by atoms with E-state index in [4.69, 9.17) is 0 Å². The molecule has 1 atom stereocenters. The summed E-state index contributed by atoms with van der Waals surface area (Å²) in [6, 6.07) is 18.7. The minimum absolute atomic E-state index is 0.00789. The molecule has 1 aliphatic rings. The standard InChI is InChI=1S/C28H31N3O4S/c1-4-27(32)31-16-15-22-18-23(13-14-26(22)31)36(34,35)30-25(17-21-10-6-5-7-11-21)28(33)29-24-12-8-9-19(2)20(24)3/h5-14,18,25,30H,4,15-17H2,1-3H3,(H,29,33). The molecule has 36 heavy (non-hydrogen) atoms. The number of nitrogens with zero attached hydrogens (tertiary/aromatic N) is 1. The molecule has 0 spiro atoms. The van der Waals surface area contributed by atoms with Crippen LogP contribution in [0, 0.1) is 13.8 Å². The summed E-state index contributed by atoms with van der Waals surface area (Å²) in [4.78, 5) is 27.3. The molecule has 188 valence electrons. The Morgan fingerprint density at radius 3 is 2.47 bits per heavy atom. The van der Waals surface area contributed by atoms with Crippen molar-refractivity contribution in [2.24, 2.45) is 0 Å². The Bertz CT molecular complexity index is 1390. The zero-order chi connectivity index (χ0) is 25.9. The van der Waals surface area contributed by atoms with Gasteiger partial charge in [-0.05, 0) is 73.2 Å². The predicted octanol–water partition coefficient (Wildman–Crippen LogP) is 4.13. The number of hydrogen-bond acceptors (Lipinski definition) is 4. The summed E-state index contributed by atoms with van der Waals surface area (Å²) in [6.07, 6.45) is 1.17. The molecule has 0 aliphatic carbocycles. The first-order valence-electron chi connectivity index (χ1n) is 12.1. The number of sulfonamides is 1. The third-order valence-electron chi connectivity index (χ3n) is 6.62. The maximum atomic E-state index is 13.4. The predicted molar refractivity (Wildman–Crippen MR) is 142 cm³/mol. The van der Waals surface area contributed by atoms with Crippen LogP contribution in [0.25, 0.3) is 0 Å². The van der Waals surface area contributed by atoms with Gasteiger partial charge < -0.3 is 10.2 Å². The van der Waals surface area contributed by atoms with E-state index in [1.807, 2.05) is 56.3 Å². The van der Waals surface area contributed by atoms with Crippen LogP contribution < -0.4 is 14.9 Å². The Morgan fingerprint density at radius 2 is 1.75 bits per heavy atom. The number of anilines is 2. The zero-order valence-corrected chi connectivity index (χ0v) is 21.6. The second kappa shape index (κ2) is 10.6. The molecule has 1 unspecified atom stereocenters. The van der Waals surface area contributed by atoms with Crippen molar-refractivity contribution < 1.29 is 18.0 Å². The van der Waals surface area contributed by atoms with Gasteiger partial charge in [0, 0.05) is 24.3 Å². The number of nitrogens with one attached hydrogen (secondary N) is 2. The van der Waals surface area contributed by atoms with Crippen LogP contribution in [0.5, 0.6) is 0 Å². The van der Waals surface area contributed by atoms with E-state index >= 15 is 0 Å². The van der Waals surface area contributed by atoms with Crippen molar-refractivity contribution in [3.8, 4) is 0 Å². The molecule has 7 nitrogen and oxygen atoms in total. The highest BCUT2D eigenvalue weighted by molar-refractivity contribution is 7.89. The molecule has 8 heteroatoms. The molecule has 2 amide bonds. The first-order valence-corrected chi connectivity index (χ1v) is 13.5. The molecule has 3 aromatic rings. The van der Waals surface area contributed by atoms with E-state index in [2.05, 4.69) is 10.0 Å². The van der Waals surface area contributed by atoms with Crippen LogP contribution >= 0.6 is 0 Å². The molecule has 0 saturated heterocycles. The van der Waals surface area contributed by atoms with Gasteiger partial charge in [0.1, 0.15) is 6.04 Å². The monoisotopic (exact) mass is 505 g/mol. The van der Waals surface area contributed by atoms with Crippen LogP contribution in [0.1, 0.15) is 35.6 Å². The third-order valence-corrected chi connectivity index (χ3v) is 8.09. The molecule has 0 radical (unpaired) electrons. The first-order chi connectivity index (χ1) is 17.2. The van der Waals surface area contributed by atoms with Gasteiger partial charge in [0.05, 0.1) is 4.90 Å². The molecule has 2 N–H and O–H groups in total. The highest BCUT2D eigenvalue weighted by Crippen LogP contribution is 2.31. The van der Waals surface area contributed by atoms with E-state index in [0.29, 0.717) is 25.1 Å². The fourth-order valence-electron chi connectivity index (χ4n) is 4.39. The van der Waals surface area contributed by atoms with Gasteiger partial charge in [-0.3, -0.25) is 9.59 Å². The summed E-state index contributed by atoms with van der Waals surface area (Å²) in [5.41, 5.74) is 4.99. The van der Waals surface area contributed by atoms with Crippen molar-refractivity contribution in [3.05, 3.63) is 89.0 Å². The van der Waals surface area contributed by atoms with E-state index < -0.39 is 22.0 Å². The van der Waals surface area contributed by atoms with Crippen LogP contribution in [0.4, 0.5) is 11.4 Å². The summed E-state index contributed by atoms with van der Waals surface area (Å²) in [6.45, 7) is 6.21. The zero-order valence-electron chi connectivity index (χ0n) is 20.7. The van der Waals surface area contributed by atoms with Gasteiger partial charge in [-0.25, -0.2) is 8.42 Å². The van der Waals surface area contributed by atoms with Gasteiger partial charge in [-0.1, -0.05) is 49.4 Å². The molecular weight excluding hydrogens is 474 g/mol. The number of aryl methyl sites for hydroxylation is 1.